The molecule has 1 aliphatic rings. The van der Waals surface area contributed by atoms with Gasteiger partial charge in [-0.25, -0.2) is 9.79 Å². The molecule has 0 saturated carbocycles. The van der Waals surface area contributed by atoms with Crippen molar-refractivity contribution >= 4 is 40.6 Å². The van der Waals surface area contributed by atoms with E-state index in [0.29, 0.717) is 21.6 Å². The summed E-state index contributed by atoms with van der Waals surface area (Å²) >= 11 is 1.33. The van der Waals surface area contributed by atoms with E-state index in [1.807, 2.05) is 45.0 Å². The average molecular weight is 455 g/mol. The van der Waals surface area contributed by atoms with Gasteiger partial charge in [-0.3, -0.25) is 9.69 Å². The van der Waals surface area contributed by atoms with E-state index in [9.17, 15) is 9.59 Å². The minimum Gasteiger partial charge on any atom is -0.493 e. The van der Waals surface area contributed by atoms with Crippen molar-refractivity contribution in [1.29, 1.82) is 0 Å². The lowest BCUT2D eigenvalue weighted by atomic mass is 10.1. The fraction of sp³-hybridized carbons (Fsp3) is 0.292. The highest BCUT2D eigenvalue weighted by Gasteiger charge is 2.36. The van der Waals surface area contributed by atoms with E-state index in [2.05, 4.69) is 0 Å². The van der Waals surface area contributed by atoms with Gasteiger partial charge in [-0.05, 0) is 67.9 Å². The molecule has 2 aromatic carbocycles. The number of hydrogen-bond donors (Lipinski definition) is 1. The van der Waals surface area contributed by atoms with Gasteiger partial charge in [0.1, 0.15) is 0 Å². The largest absolute Gasteiger partial charge is 0.493 e. The number of amidine groups is 1. The van der Waals surface area contributed by atoms with Crippen LogP contribution < -0.4 is 9.47 Å². The number of nitrogens with zero attached hydrogens (tertiary/aromatic N) is 2. The number of methoxy groups -OCH3 is 1. The monoisotopic (exact) mass is 454 g/mol. The zero-order valence-corrected chi connectivity index (χ0v) is 19.3. The summed E-state index contributed by atoms with van der Waals surface area (Å²) in [6.45, 7) is 5.59. The number of carbonyl (C=O) groups excluding carboxylic acids is 1. The lowest BCUT2D eigenvalue weighted by Crippen LogP contribution is -2.36. The minimum atomic E-state index is -1.07. The highest BCUT2D eigenvalue weighted by molar-refractivity contribution is 8.18. The maximum Gasteiger partial charge on any atom is 0.341 e. The first kappa shape index (κ1) is 23.4. The first-order valence-electron chi connectivity index (χ1n) is 10.2. The number of hydrogen-bond acceptors (Lipinski definition) is 6. The zero-order valence-electron chi connectivity index (χ0n) is 18.5. The van der Waals surface area contributed by atoms with Gasteiger partial charge in [-0.2, -0.15) is 0 Å². The summed E-state index contributed by atoms with van der Waals surface area (Å²) < 4.78 is 10.6. The number of carboxylic acid groups (broad SMARTS) is 1. The Hall–Kier alpha value is -3.26. The summed E-state index contributed by atoms with van der Waals surface area (Å²) in [6, 6.07) is 13.0. The molecule has 1 aliphatic heterocycles. The van der Waals surface area contributed by atoms with Crippen molar-refractivity contribution in [3.63, 3.8) is 0 Å². The van der Waals surface area contributed by atoms with Crippen LogP contribution in [0.25, 0.3) is 6.08 Å². The van der Waals surface area contributed by atoms with Crippen molar-refractivity contribution in [3.05, 3.63) is 58.5 Å². The molecule has 1 N–H and O–H groups in total. The first-order valence-corrected chi connectivity index (χ1v) is 11.0. The number of ether oxygens (including phenoxy) is 2. The lowest BCUT2D eigenvalue weighted by molar-refractivity contribution is -0.139. The molecule has 0 bridgehead atoms. The van der Waals surface area contributed by atoms with Gasteiger partial charge in [0.15, 0.2) is 23.3 Å². The van der Waals surface area contributed by atoms with Crippen molar-refractivity contribution in [3.8, 4) is 11.5 Å². The highest BCUT2D eigenvalue weighted by Crippen LogP contribution is 2.37. The molecule has 1 saturated heterocycles. The van der Waals surface area contributed by atoms with Gasteiger partial charge in [0.2, 0.25) is 0 Å². The van der Waals surface area contributed by atoms with Gasteiger partial charge in [0, 0.05) is 6.04 Å². The summed E-state index contributed by atoms with van der Waals surface area (Å²) in [7, 11) is 1.48. The number of amides is 1. The van der Waals surface area contributed by atoms with Crippen LogP contribution in [0, 0.1) is 6.92 Å². The summed E-state index contributed by atoms with van der Waals surface area (Å²) in [5, 5.41) is 9.46. The molecule has 0 radical (unpaired) electrons. The molecule has 2 aromatic rings. The first-order chi connectivity index (χ1) is 15.3. The van der Waals surface area contributed by atoms with Crippen LogP contribution >= 0.6 is 11.8 Å². The smallest absolute Gasteiger partial charge is 0.341 e. The number of rotatable bonds is 8. The van der Waals surface area contributed by atoms with Gasteiger partial charge in [-0.15, -0.1) is 0 Å². The molecule has 0 aliphatic carbocycles. The zero-order chi connectivity index (χ0) is 23.3. The van der Waals surface area contributed by atoms with E-state index in [-0.39, 0.29) is 11.9 Å². The van der Waals surface area contributed by atoms with Crippen LogP contribution in [-0.2, 0) is 9.59 Å². The number of carboxylic acids is 1. The number of thioether (sulfide) groups is 1. The predicted octanol–water partition coefficient (Wildman–Crippen LogP) is 4.87. The Bertz CT molecular complexity index is 1060. The van der Waals surface area contributed by atoms with Crippen LogP contribution in [-0.4, -0.2) is 46.8 Å². The Morgan fingerprint density at radius 3 is 2.56 bits per heavy atom. The quantitative estimate of drug-likeness (QED) is 0.573. The van der Waals surface area contributed by atoms with Crippen molar-refractivity contribution < 1.29 is 24.2 Å². The lowest BCUT2D eigenvalue weighted by Gasteiger charge is -2.22. The van der Waals surface area contributed by atoms with E-state index < -0.39 is 12.6 Å². The molecule has 0 spiro atoms. The van der Waals surface area contributed by atoms with Gasteiger partial charge >= 0.3 is 5.97 Å². The van der Waals surface area contributed by atoms with Crippen LogP contribution in [0.2, 0.25) is 0 Å². The van der Waals surface area contributed by atoms with Gasteiger partial charge in [0.25, 0.3) is 5.91 Å². The van der Waals surface area contributed by atoms with E-state index >= 15 is 0 Å². The topological polar surface area (TPSA) is 88.4 Å². The normalized spacial score (nSPS) is 17.1. The molecule has 8 heteroatoms. The Labute approximate surface area is 191 Å². The molecule has 1 heterocycles. The number of carbonyl (C=O) groups is 2. The summed E-state index contributed by atoms with van der Waals surface area (Å²) in [4.78, 5) is 31.0. The van der Waals surface area contributed by atoms with Crippen molar-refractivity contribution in [2.24, 2.45) is 4.99 Å². The second kappa shape index (κ2) is 10.4. The molecular formula is C24H26N2O5S. The fourth-order valence-corrected chi connectivity index (χ4v) is 4.14. The number of aliphatic imine (C=N–C) groups is 1. The molecule has 1 atom stereocenters. The third-order valence-electron chi connectivity index (χ3n) is 4.96. The van der Waals surface area contributed by atoms with E-state index in [1.54, 1.807) is 29.2 Å². The molecule has 1 fully saturated rings. The Balaban J connectivity index is 1.92. The predicted molar refractivity (Wildman–Crippen MR) is 127 cm³/mol. The second-order valence-electron chi connectivity index (χ2n) is 7.37. The maximum atomic E-state index is 13.2. The number of benzene rings is 2. The van der Waals surface area contributed by atoms with Gasteiger partial charge in [-0.1, -0.05) is 30.7 Å². The third kappa shape index (κ3) is 5.50. The fourth-order valence-electron chi connectivity index (χ4n) is 3.05. The maximum absolute atomic E-state index is 13.2. The van der Waals surface area contributed by atoms with Gasteiger partial charge in [0.05, 0.1) is 17.7 Å². The second-order valence-corrected chi connectivity index (χ2v) is 8.37. The van der Waals surface area contributed by atoms with Crippen molar-refractivity contribution in [2.75, 3.05) is 13.7 Å². The van der Waals surface area contributed by atoms with Crippen LogP contribution in [0.4, 0.5) is 5.69 Å². The van der Waals surface area contributed by atoms with E-state index in [0.717, 1.165) is 23.2 Å². The summed E-state index contributed by atoms with van der Waals surface area (Å²) in [5.41, 5.74) is 2.68. The van der Waals surface area contributed by atoms with Crippen LogP contribution in [0.3, 0.4) is 0 Å². The number of aliphatic carboxylic acids is 1. The van der Waals surface area contributed by atoms with Crippen LogP contribution in [0.15, 0.2) is 52.4 Å². The number of aryl methyl sites for hydroxylation is 1. The molecule has 1 amide bonds. The Kier molecular flexibility index (Phi) is 7.58. The molecule has 168 valence electrons. The molecule has 3 rings (SSSR count). The average Bonchev–Trinajstić information content (AvgIpc) is 3.08. The Morgan fingerprint density at radius 1 is 1.22 bits per heavy atom. The van der Waals surface area contributed by atoms with E-state index in [1.165, 1.54) is 18.9 Å². The SMILES string of the molecule is CC[C@H](C)N1C(=O)/C(=C\c2ccc(OCC(=O)O)c(OC)c2)SC1=Nc1ccc(C)cc1. The van der Waals surface area contributed by atoms with Crippen LogP contribution in [0.5, 0.6) is 11.5 Å². The van der Waals surface area contributed by atoms with Crippen LogP contribution in [0.1, 0.15) is 31.4 Å². The Morgan fingerprint density at radius 2 is 1.94 bits per heavy atom. The standard InChI is InChI=1S/C24H26N2O5S/c1-5-16(3)26-23(29)21(32-24(26)25-18-9-6-15(2)7-10-18)13-17-8-11-19(20(12-17)30-4)31-14-22(27)28/h6-13,16H,5,14H2,1-4H3,(H,27,28)/b21-13+,25-24?/t16-/m0/s1. The summed E-state index contributed by atoms with van der Waals surface area (Å²) in [6.07, 6.45) is 2.58. The molecule has 32 heavy (non-hydrogen) atoms. The van der Waals surface area contributed by atoms with Crippen molar-refractivity contribution in [2.45, 2.75) is 33.2 Å². The van der Waals surface area contributed by atoms with Crippen molar-refractivity contribution in [1.82, 2.24) is 4.90 Å². The molecule has 0 aromatic heterocycles. The minimum absolute atomic E-state index is 0.00595. The van der Waals surface area contributed by atoms with E-state index in [4.69, 9.17) is 19.6 Å². The molecular weight excluding hydrogens is 428 g/mol. The molecule has 0 unspecified atom stereocenters. The summed E-state index contributed by atoms with van der Waals surface area (Å²) in [5.74, 6) is -0.453. The van der Waals surface area contributed by atoms with Gasteiger partial charge < -0.3 is 14.6 Å². The highest BCUT2D eigenvalue weighted by atomic mass is 32.2. The molecule has 7 nitrogen and oxygen atoms in total. The third-order valence-corrected chi connectivity index (χ3v) is 5.95.